The topological polar surface area (TPSA) is 126 Å². The van der Waals surface area contributed by atoms with Gasteiger partial charge in [0.05, 0.1) is 30.8 Å². The molecule has 1 aliphatic rings. The zero-order valence-corrected chi connectivity index (χ0v) is 15.2. The number of nitro benzene ring substituents is 1. The zero-order valence-electron chi connectivity index (χ0n) is 15.2. The molecule has 0 radical (unpaired) electrons. The first kappa shape index (κ1) is 20.4. The monoisotopic (exact) mass is 382 g/mol. The van der Waals surface area contributed by atoms with E-state index in [0.717, 1.165) is 18.9 Å². The molecule has 10 heteroatoms. The molecule has 1 atom stereocenters. The Morgan fingerprint density at radius 1 is 1.37 bits per heavy atom. The number of hydrogen-bond donors (Lipinski definition) is 1. The van der Waals surface area contributed by atoms with Crippen molar-refractivity contribution in [3.05, 3.63) is 27.8 Å². The highest BCUT2D eigenvalue weighted by molar-refractivity contribution is 5.96. The van der Waals surface area contributed by atoms with E-state index >= 15 is 0 Å². The predicted octanol–water partition coefficient (Wildman–Crippen LogP) is 1.45. The van der Waals surface area contributed by atoms with Crippen molar-refractivity contribution < 1.29 is 33.5 Å². The van der Waals surface area contributed by atoms with Crippen LogP contribution >= 0.6 is 0 Å². The quantitative estimate of drug-likeness (QED) is 0.386. The van der Waals surface area contributed by atoms with E-state index in [1.807, 2.05) is 0 Å². The molecule has 1 aliphatic heterocycles. The predicted molar refractivity (Wildman–Crippen MR) is 93.1 cm³/mol. The Labute approximate surface area is 155 Å². The highest BCUT2D eigenvalue weighted by Crippen LogP contribution is 2.35. The van der Waals surface area contributed by atoms with E-state index in [-0.39, 0.29) is 29.8 Å². The summed E-state index contributed by atoms with van der Waals surface area (Å²) < 4.78 is 20.7. The molecule has 0 spiro atoms. The maximum atomic E-state index is 12.3. The van der Waals surface area contributed by atoms with Crippen LogP contribution in [0.3, 0.4) is 0 Å². The van der Waals surface area contributed by atoms with Crippen LogP contribution in [-0.2, 0) is 14.3 Å². The van der Waals surface area contributed by atoms with E-state index in [9.17, 15) is 19.7 Å². The van der Waals surface area contributed by atoms with Gasteiger partial charge in [-0.25, -0.2) is 4.79 Å². The average molecular weight is 382 g/mol. The number of benzene rings is 1. The fraction of sp³-hybridized carbons (Fsp3) is 0.529. The Morgan fingerprint density at radius 3 is 2.74 bits per heavy atom. The number of carbonyl (C=O) groups excluding carboxylic acids is 2. The molecule has 0 aromatic heterocycles. The van der Waals surface area contributed by atoms with Crippen molar-refractivity contribution >= 4 is 17.6 Å². The van der Waals surface area contributed by atoms with E-state index in [1.165, 1.54) is 13.2 Å². The third-order valence-electron chi connectivity index (χ3n) is 3.88. The van der Waals surface area contributed by atoms with Crippen molar-refractivity contribution in [3.8, 4) is 11.5 Å². The van der Waals surface area contributed by atoms with Crippen molar-refractivity contribution in [3.63, 3.8) is 0 Å². The summed E-state index contributed by atoms with van der Waals surface area (Å²) in [5.41, 5.74) is -0.823. The second-order valence-corrected chi connectivity index (χ2v) is 5.73. The summed E-state index contributed by atoms with van der Waals surface area (Å²) in [7, 11) is 1.33. The molecule has 1 N–H and O–H groups in total. The Bertz CT molecular complexity index is 700. The molecule has 27 heavy (non-hydrogen) atoms. The Balaban J connectivity index is 2.03. The van der Waals surface area contributed by atoms with Gasteiger partial charge in [-0.2, -0.15) is 0 Å². The van der Waals surface area contributed by atoms with Crippen molar-refractivity contribution in [2.45, 2.75) is 25.9 Å². The summed E-state index contributed by atoms with van der Waals surface area (Å²) in [6, 6.07) is 2.26. The molecular weight excluding hydrogens is 360 g/mol. The number of ether oxygens (including phenoxy) is 4. The smallest absolute Gasteiger partial charge is 0.345 e. The number of nitrogens with zero attached hydrogens (tertiary/aromatic N) is 1. The Kier molecular flexibility index (Phi) is 7.35. The normalized spacial score (nSPS) is 15.9. The van der Waals surface area contributed by atoms with E-state index in [4.69, 9.17) is 18.9 Å². The van der Waals surface area contributed by atoms with Gasteiger partial charge in [0.25, 0.3) is 11.6 Å². The van der Waals surface area contributed by atoms with Crippen molar-refractivity contribution in [1.82, 2.24) is 5.32 Å². The van der Waals surface area contributed by atoms with Crippen LogP contribution in [0.15, 0.2) is 12.1 Å². The lowest BCUT2D eigenvalue weighted by Crippen LogP contribution is -2.34. The first-order chi connectivity index (χ1) is 13.0. The minimum Gasteiger partial charge on any atom is -0.493 e. The number of esters is 1. The number of hydrogen-bond acceptors (Lipinski definition) is 8. The lowest BCUT2D eigenvalue weighted by atomic mass is 10.1. The zero-order chi connectivity index (χ0) is 19.8. The molecule has 0 saturated carbocycles. The molecular formula is C17H22N2O8. The molecule has 1 aromatic rings. The standard InChI is InChI=1S/C17H22N2O8/c1-3-25-15-7-12(13(19(22)23)8-14(15)24-2)17(21)27-10-16(20)18-9-11-5-4-6-26-11/h7-8,11H,3-6,9-10H2,1-2H3,(H,18,20)/t11-/m0/s1. The lowest BCUT2D eigenvalue weighted by Gasteiger charge is -2.12. The van der Waals surface area contributed by atoms with Gasteiger partial charge in [-0.05, 0) is 19.8 Å². The average Bonchev–Trinajstić information content (AvgIpc) is 3.17. The largest absolute Gasteiger partial charge is 0.493 e. The maximum absolute atomic E-state index is 12.3. The number of amides is 1. The Morgan fingerprint density at radius 2 is 2.15 bits per heavy atom. The summed E-state index contributed by atoms with van der Waals surface area (Å²) in [4.78, 5) is 34.6. The highest BCUT2D eigenvalue weighted by atomic mass is 16.6. The van der Waals surface area contributed by atoms with Gasteiger partial charge in [-0.1, -0.05) is 0 Å². The minimum absolute atomic E-state index is 0.0407. The van der Waals surface area contributed by atoms with E-state index in [1.54, 1.807) is 6.92 Å². The Hall–Kier alpha value is -2.88. The molecule has 1 fully saturated rings. The van der Waals surface area contributed by atoms with Crippen LogP contribution in [0.2, 0.25) is 0 Å². The molecule has 1 saturated heterocycles. The number of rotatable bonds is 9. The van der Waals surface area contributed by atoms with E-state index in [0.29, 0.717) is 13.2 Å². The lowest BCUT2D eigenvalue weighted by molar-refractivity contribution is -0.385. The van der Waals surface area contributed by atoms with Gasteiger partial charge in [-0.3, -0.25) is 14.9 Å². The van der Waals surface area contributed by atoms with Gasteiger partial charge in [0, 0.05) is 19.2 Å². The molecule has 0 bridgehead atoms. The van der Waals surface area contributed by atoms with Crippen LogP contribution < -0.4 is 14.8 Å². The van der Waals surface area contributed by atoms with Gasteiger partial charge in [-0.15, -0.1) is 0 Å². The van der Waals surface area contributed by atoms with E-state index < -0.39 is 29.1 Å². The fourth-order valence-corrected chi connectivity index (χ4v) is 2.58. The second kappa shape index (κ2) is 9.72. The van der Waals surface area contributed by atoms with Crippen molar-refractivity contribution in [2.75, 3.05) is 33.5 Å². The molecule has 1 heterocycles. The summed E-state index contributed by atoms with van der Waals surface area (Å²) >= 11 is 0. The molecule has 2 rings (SSSR count). The molecule has 0 aliphatic carbocycles. The molecule has 1 amide bonds. The summed E-state index contributed by atoms with van der Waals surface area (Å²) in [6.07, 6.45) is 1.76. The van der Waals surface area contributed by atoms with Crippen molar-refractivity contribution in [2.24, 2.45) is 0 Å². The SMILES string of the molecule is CCOc1cc(C(=O)OCC(=O)NC[C@@H]2CCCO2)c([N+](=O)[O-])cc1OC. The highest BCUT2D eigenvalue weighted by Gasteiger charge is 2.26. The number of nitro groups is 1. The van der Waals surface area contributed by atoms with Gasteiger partial charge < -0.3 is 24.3 Å². The summed E-state index contributed by atoms with van der Waals surface area (Å²) in [5, 5.41) is 13.9. The van der Waals surface area contributed by atoms with Crippen LogP contribution in [-0.4, -0.2) is 56.4 Å². The van der Waals surface area contributed by atoms with Crippen molar-refractivity contribution in [1.29, 1.82) is 0 Å². The van der Waals surface area contributed by atoms with Crippen LogP contribution in [0.25, 0.3) is 0 Å². The van der Waals surface area contributed by atoms with Gasteiger partial charge in [0.2, 0.25) is 0 Å². The second-order valence-electron chi connectivity index (χ2n) is 5.73. The molecule has 148 valence electrons. The number of methoxy groups -OCH3 is 1. The van der Waals surface area contributed by atoms with Crippen LogP contribution in [0.4, 0.5) is 5.69 Å². The van der Waals surface area contributed by atoms with Gasteiger partial charge >= 0.3 is 5.97 Å². The van der Waals surface area contributed by atoms with Crippen LogP contribution in [0, 0.1) is 10.1 Å². The van der Waals surface area contributed by atoms with Crippen LogP contribution in [0.5, 0.6) is 11.5 Å². The number of nitrogens with one attached hydrogen (secondary N) is 1. The first-order valence-electron chi connectivity index (χ1n) is 8.50. The molecule has 0 unspecified atom stereocenters. The van der Waals surface area contributed by atoms with Gasteiger partial charge in [0.1, 0.15) is 5.56 Å². The van der Waals surface area contributed by atoms with Crippen LogP contribution in [0.1, 0.15) is 30.1 Å². The first-order valence-corrected chi connectivity index (χ1v) is 8.50. The maximum Gasteiger partial charge on any atom is 0.345 e. The molecule has 1 aromatic carbocycles. The van der Waals surface area contributed by atoms with Gasteiger partial charge in [0.15, 0.2) is 18.1 Å². The summed E-state index contributed by atoms with van der Waals surface area (Å²) in [6.45, 7) is 2.43. The minimum atomic E-state index is -1.00. The fourth-order valence-electron chi connectivity index (χ4n) is 2.58. The third kappa shape index (κ3) is 5.55. The third-order valence-corrected chi connectivity index (χ3v) is 3.88. The number of carbonyl (C=O) groups is 2. The van der Waals surface area contributed by atoms with E-state index in [2.05, 4.69) is 5.32 Å². The molecule has 10 nitrogen and oxygen atoms in total. The summed E-state index contributed by atoms with van der Waals surface area (Å²) in [5.74, 6) is -1.23.